The van der Waals surface area contributed by atoms with Gasteiger partial charge in [0.05, 0.1) is 30.4 Å². The first-order chi connectivity index (χ1) is 13.7. The summed E-state index contributed by atoms with van der Waals surface area (Å²) < 4.78 is 12.3. The molecule has 0 aliphatic rings. The molecule has 0 atom stereocenters. The van der Waals surface area contributed by atoms with Crippen LogP contribution in [0.15, 0.2) is 41.1 Å². The predicted molar refractivity (Wildman–Crippen MR) is 110 cm³/mol. The quantitative estimate of drug-likeness (QED) is 0.501. The van der Waals surface area contributed by atoms with Gasteiger partial charge in [-0.15, -0.1) is 27.8 Å². The highest BCUT2D eigenvalue weighted by molar-refractivity contribution is 7.15. The molecule has 0 spiro atoms. The molecule has 0 aliphatic carbocycles. The SMILES string of the molecule is COc1ccc(C(=O)NCCc2csc3nc(-c4cccs4)nn23)c(OC)c1. The summed E-state index contributed by atoms with van der Waals surface area (Å²) in [5, 5.41) is 11.6. The molecule has 4 aromatic rings. The number of aromatic nitrogens is 3. The smallest absolute Gasteiger partial charge is 0.255 e. The van der Waals surface area contributed by atoms with Crippen molar-refractivity contribution in [1.82, 2.24) is 19.9 Å². The van der Waals surface area contributed by atoms with Crippen molar-refractivity contribution in [2.45, 2.75) is 6.42 Å². The van der Waals surface area contributed by atoms with E-state index < -0.39 is 0 Å². The van der Waals surface area contributed by atoms with Gasteiger partial charge in [0.25, 0.3) is 5.91 Å². The fourth-order valence-corrected chi connectivity index (χ4v) is 4.30. The Morgan fingerprint density at radius 3 is 2.86 bits per heavy atom. The number of ether oxygens (including phenoxy) is 2. The number of amides is 1. The van der Waals surface area contributed by atoms with E-state index in [0.29, 0.717) is 30.0 Å². The van der Waals surface area contributed by atoms with Crippen LogP contribution >= 0.6 is 22.7 Å². The van der Waals surface area contributed by atoms with Crippen molar-refractivity contribution < 1.29 is 14.3 Å². The topological polar surface area (TPSA) is 77.8 Å². The van der Waals surface area contributed by atoms with Gasteiger partial charge in [0.1, 0.15) is 11.5 Å². The number of hydrogen-bond acceptors (Lipinski definition) is 7. The molecule has 0 aliphatic heterocycles. The first-order valence-electron chi connectivity index (χ1n) is 8.57. The number of nitrogens with zero attached hydrogens (tertiary/aromatic N) is 3. The van der Waals surface area contributed by atoms with E-state index >= 15 is 0 Å². The van der Waals surface area contributed by atoms with Crippen molar-refractivity contribution >= 4 is 33.5 Å². The van der Waals surface area contributed by atoms with Crippen molar-refractivity contribution in [2.75, 3.05) is 20.8 Å². The third-order valence-corrected chi connectivity index (χ3v) is 5.94. The lowest BCUT2D eigenvalue weighted by Gasteiger charge is -2.10. The fraction of sp³-hybridized carbons (Fsp3) is 0.211. The fourth-order valence-electron chi connectivity index (χ4n) is 2.79. The summed E-state index contributed by atoms with van der Waals surface area (Å²) in [6, 6.07) is 9.12. The summed E-state index contributed by atoms with van der Waals surface area (Å²) in [6.07, 6.45) is 0.650. The Hall–Kier alpha value is -2.91. The zero-order valence-corrected chi connectivity index (χ0v) is 17.0. The number of nitrogens with one attached hydrogen (secondary N) is 1. The highest BCUT2D eigenvalue weighted by atomic mass is 32.1. The van der Waals surface area contributed by atoms with E-state index in [1.165, 1.54) is 7.11 Å². The molecule has 0 bridgehead atoms. The zero-order chi connectivity index (χ0) is 19.5. The van der Waals surface area contributed by atoms with Crippen LogP contribution < -0.4 is 14.8 Å². The summed E-state index contributed by atoms with van der Waals surface area (Å²) in [5.74, 6) is 1.66. The minimum Gasteiger partial charge on any atom is -0.497 e. The van der Waals surface area contributed by atoms with E-state index in [-0.39, 0.29) is 5.91 Å². The Kier molecular flexibility index (Phi) is 5.27. The van der Waals surface area contributed by atoms with Gasteiger partial charge in [-0.1, -0.05) is 6.07 Å². The van der Waals surface area contributed by atoms with Crippen LogP contribution in [-0.4, -0.2) is 41.3 Å². The first kappa shape index (κ1) is 18.5. The molecule has 0 fully saturated rings. The maximum atomic E-state index is 12.5. The Labute approximate surface area is 169 Å². The van der Waals surface area contributed by atoms with Crippen LogP contribution in [0, 0.1) is 0 Å². The number of methoxy groups -OCH3 is 2. The van der Waals surface area contributed by atoms with Crippen LogP contribution in [0.25, 0.3) is 15.7 Å². The summed E-state index contributed by atoms with van der Waals surface area (Å²) in [5.41, 5.74) is 1.48. The van der Waals surface area contributed by atoms with E-state index in [1.54, 1.807) is 48.0 Å². The molecule has 0 saturated carbocycles. The van der Waals surface area contributed by atoms with Crippen molar-refractivity contribution in [3.8, 4) is 22.2 Å². The minimum atomic E-state index is -0.191. The third kappa shape index (κ3) is 3.58. The third-order valence-electron chi connectivity index (χ3n) is 4.21. The highest BCUT2D eigenvalue weighted by Gasteiger charge is 2.15. The van der Waals surface area contributed by atoms with Crippen molar-refractivity contribution in [2.24, 2.45) is 0 Å². The normalized spacial score (nSPS) is 10.9. The summed E-state index contributed by atoms with van der Waals surface area (Å²) in [4.78, 5) is 19.0. The van der Waals surface area contributed by atoms with Crippen molar-refractivity contribution in [3.05, 3.63) is 52.3 Å². The maximum Gasteiger partial charge on any atom is 0.255 e. The van der Waals surface area contributed by atoms with Gasteiger partial charge in [-0.2, -0.15) is 4.98 Å². The monoisotopic (exact) mass is 414 g/mol. The van der Waals surface area contributed by atoms with Crippen LogP contribution in [0.3, 0.4) is 0 Å². The number of hydrogen-bond donors (Lipinski definition) is 1. The molecule has 0 radical (unpaired) electrons. The predicted octanol–water partition coefficient (Wildman–Crippen LogP) is 3.51. The molecule has 144 valence electrons. The van der Waals surface area contributed by atoms with Crippen LogP contribution in [-0.2, 0) is 6.42 Å². The Bertz CT molecular complexity index is 1100. The van der Waals surface area contributed by atoms with E-state index in [1.807, 2.05) is 27.4 Å². The zero-order valence-electron chi connectivity index (χ0n) is 15.3. The number of thiazole rings is 1. The molecule has 1 N–H and O–H groups in total. The van der Waals surface area contributed by atoms with E-state index in [4.69, 9.17) is 9.47 Å². The number of fused-ring (bicyclic) bond motifs is 1. The van der Waals surface area contributed by atoms with Crippen molar-refractivity contribution in [3.63, 3.8) is 0 Å². The average molecular weight is 415 g/mol. The van der Waals surface area contributed by atoms with Crippen LogP contribution in [0.4, 0.5) is 0 Å². The van der Waals surface area contributed by atoms with E-state index in [0.717, 1.165) is 21.4 Å². The standard InChI is InChI=1S/C19H18N4O3S2/c1-25-13-5-6-14(15(10-13)26-2)18(24)20-8-7-12-11-28-19-21-17(22-23(12)19)16-4-3-9-27-16/h3-6,9-11H,7-8H2,1-2H3,(H,20,24). The molecule has 9 heteroatoms. The molecule has 4 rings (SSSR count). The number of thiophene rings is 1. The van der Waals surface area contributed by atoms with Crippen LogP contribution in [0.2, 0.25) is 0 Å². The second kappa shape index (κ2) is 7.99. The number of carbonyl (C=O) groups is 1. The van der Waals surface area contributed by atoms with Crippen molar-refractivity contribution in [1.29, 1.82) is 0 Å². The number of benzene rings is 1. The molecular formula is C19H18N4O3S2. The Morgan fingerprint density at radius 2 is 2.11 bits per heavy atom. The van der Waals surface area contributed by atoms with Crippen LogP contribution in [0.5, 0.6) is 11.5 Å². The number of rotatable bonds is 7. The second-order valence-electron chi connectivity index (χ2n) is 5.91. The molecule has 1 amide bonds. The molecule has 0 saturated heterocycles. The van der Waals surface area contributed by atoms with Gasteiger partial charge < -0.3 is 14.8 Å². The van der Waals surface area contributed by atoms with Crippen LogP contribution in [0.1, 0.15) is 16.1 Å². The first-order valence-corrected chi connectivity index (χ1v) is 10.3. The summed E-state index contributed by atoms with van der Waals surface area (Å²) in [7, 11) is 3.10. The largest absolute Gasteiger partial charge is 0.497 e. The Morgan fingerprint density at radius 1 is 1.21 bits per heavy atom. The van der Waals surface area contributed by atoms with E-state index in [2.05, 4.69) is 15.4 Å². The molecule has 3 aromatic heterocycles. The van der Waals surface area contributed by atoms with Gasteiger partial charge in [-0.3, -0.25) is 4.79 Å². The molecule has 0 unspecified atom stereocenters. The Balaban J connectivity index is 1.43. The maximum absolute atomic E-state index is 12.5. The highest BCUT2D eigenvalue weighted by Crippen LogP contribution is 2.25. The lowest BCUT2D eigenvalue weighted by Crippen LogP contribution is -2.26. The lowest BCUT2D eigenvalue weighted by molar-refractivity contribution is 0.0951. The summed E-state index contributed by atoms with van der Waals surface area (Å²) in [6.45, 7) is 0.480. The molecule has 3 heterocycles. The van der Waals surface area contributed by atoms with Gasteiger partial charge in [0.15, 0.2) is 5.82 Å². The average Bonchev–Trinajstić information content (AvgIpc) is 3.45. The summed E-state index contributed by atoms with van der Waals surface area (Å²) >= 11 is 3.16. The van der Waals surface area contributed by atoms with Gasteiger partial charge in [-0.05, 0) is 23.6 Å². The van der Waals surface area contributed by atoms with Gasteiger partial charge in [-0.25, -0.2) is 4.52 Å². The van der Waals surface area contributed by atoms with Gasteiger partial charge >= 0.3 is 0 Å². The minimum absolute atomic E-state index is 0.191. The molecular weight excluding hydrogens is 396 g/mol. The van der Waals surface area contributed by atoms with Gasteiger partial charge in [0.2, 0.25) is 4.96 Å². The molecule has 28 heavy (non-hydrogen) atoms. The van der Waals surface area contributed by atoms with Gasteiger partial charge in [0, 0.05) is 24.4 Å². The lowest BCUT2D eigenvalue weighted by atomic mass is 10.1. The molecule has 7 nitrogen and oxygen atoms in total. The molecule has 1 aromatic carbocycles. The second-order valence-corrected chi connectivity index (χ2v) is 7.69. The number of carbonyl (C=O) groups excluding carboxylic acids is 1. The van der Waals surface area contributed by atoms with E-state index in [9.17, 15) is 4.79 Å².